The van der Waals surface area contributed by atoms with Gasteiger partial charge in [-0.15, -0.1) is 0 Å². The summed E-state index contributed by atoms with van der Waals surface area (Å²) >= 11 is 0. The number of anilines is 3. The summed E-state index contributed by atoms with van der Waals surface area (Å²) < 4.78 is 21.6. The Morgan fingerprint density at radius 2 is 1.41 bits per heavy atom. The van der Waals surface area contributed by atoms with E-state index in [0.29, 0.717) is 17.1 Å². The van der Waals surface area contributed by atoms with Crippen LogP contribution in [0.3, 0.4) is 0 Å². The predicted molar refractivity (Wildman–Crippen MR) is 182 cm³/mol. The van der Waals surface area contributed by atoms with Crippen molar-refractivity contribution in [3.8, 4) is 22.8 Å². The minimum absolute atomic E-state index is 0.660. The molecule has 0 bridgehead atoms. The first-order valence-corrected chi connectivity index (χ1v) is 15.0. The van der Waals surface area contributed by atoms with Crippen LogP contribution >= 0.6 is 0 Å². The Morgan fingerprint density at radius 3 is 2.20 bits per heavy atom. The molecule has 0 saturated heterocycles. The Bertz CT molecular complexity index is 2490. The number of ether oxygens (including phenoxy) is 1. The van der Waals surface area contributed by atoms with Gasteiger partial charge in [-0.3, -0.25) is 9.58 Å². The minimum Gasteiger partial charge on any atom is -0.456 e. The first-order chi connectivity index (χ1) is 22.7. The number of nitrogens with zero attached hydrogens (tertiary/aromatic N) is 4. The highest BCUT2D eigenvalue weighted by atomic mass is 16.5. The summed E-state index contributed by atoms with van der Waals surface area (Å²) in [6, 6.07) is 42.3. The van der Waals surface area contributed by atoms with E-state index in [0.717, 1.165) is 66.7 Å². The molecule has 0 aliphatic rings. The summed E-state index contributed by atoms with van der Waals surface area (Å²) in [5.74, 6) is 2.10. The number of rotatable bonds is 6. The number of furan rings is 2. The monoisotopic (exact) mass is 598 g/mol. The molecule has 0 unspecified atom stereocenters. The third-order valence-corrected chi connectivity index (χ3v) is 8.25. The number of benzene rings is 5. The van der Waals surface area contributed by atoms with Crippen LogP contribution in [0.25, 0.3) is 55.1 Å². The van der Waals surface area contributed by atoms with Crippen LogP contribution in [-0.2, 0) is 7.05 Å². The van der Waals surface area contributed by atoms with Crippen LogP contribution in [0.5, 0.6) is 11.5 Å². The van der Waals surface area contributed by atoms with Gasteiger partial charge in [-0.1, -0.05) is 60.7 Å². The second kappa shape index (κ2) is 10.4. The van der Waals surface area contributed by atoms with Crippen LogP contribution in [0, 0.1) is 0 Å². The Kier molecular flexibility index (Phi) is 5.89. The van der Waals surface area contributed by atoms with Crippen LogP contribution < -0.4 is 9.64 Å². The average molecular weight is 599 g/mol. The molecule has 0 N–H and O–H groups in total. The van der Waals surface area contributed by atoms with E-state index in [1.54, 1.807) is 10.9 Å². The van der Waals surface area contributed by atoms with Crippen molar-refractivity contribution < 1.29 is 13.6 Å². The normalized spacial score (nSPS) is 11.6. The summed E-state index contributed by atoms with van der Waals surface area (Å²) in [6.07, 6.45) is 3.73. The second-order valence-electron chi connectivity index (χ2n) is 11.2. The zero-order chi connectivity index (χ0) is 30.6. The Morgan fingerprint density at radius 1 is 0.652 bits per heavy atom. The van der Waals surface area contributed by atoms with E-state index in [9.17, 15) is 0 Å². The fraction of sp³-hybridized carbons (Fsp3) is 0.0256. The summed E-state index contributed by atoms with van der Waals surface area (Å²) in [5, 5.41) is 8.55. The highest BCUT2D eigenvalue weighted by Crippen LogP contribution is 2.45. The molecule has 0 aliphatic carbocycles. The molecule has 0 saturated carbocycles. The fourth-order valence-electron chi connectivity index (χ4n) is 6.22. The van der Waals surface area contributed by atoms with Crippen molar-refractivity contribution >= 4 is 61.1 Å². The summed E-state index contributed by atoms with van der Waals surface area (Å²) in [6.45, 7) is 0. The number of aryl methyl sites for hydroxylation is 1. The molecule has 9 aromatic rings. The van der Waals surface area contributed by atoms with Gasteiger partial charge in [0.2, 0.25) is 0 Å². The third kappa shape index (κ3) is 4.29. The lowest BCUT2D eigenvalue weighted by molar-refractivity contribution is 0.489. The van der Waals surface area contributed by atoms with Crippen molar-refractivity contribution in [3.63, 3.8) is 0 Å². The molecule has 4 heterocycles. The van der Waals surface area contributed by atoms with Crippen LogP contribution in [0.4, 0.5) is 17.2 Å². The molecule has 0 amide bonds. The topological polar surface area (TPSA) is 69.5 Å². The lowest BCUT2D eigenvalue weighted by atomic mass is 10.1. The van der Waals surface area contributed by atoms with Crippen molar-refractivity contribution in [2.24, 2.45) is 7.05 Å². The van der Waals surface area contributed by atoms with Gasteiger partial charge < -0.3 is 13.6 Å². The lowest BCUT2D eigenvalue weighted by Gasteiger charge is -2.24. The second-order valence-corrected chi connectivity index (χ2v) is 11.2. The average Bonchev–Trinajstić information content (AvgIpc) is 3.80. The number of aromatic nitrogens is 3. The number of hydrogen-bond donors (Lipinski definition) is 0. The summed E-state index contributed by atoms with van der Waals surface area (Å²) in [5.41, 5.74) is 6.55. The number of para-hydroxylation sites is 3. The first-order valence-electron chi connectivity index (χ1n) is 15.0. The maximum atomic E-state index is 6.93. The number of pyridine rings is 1. The molecule has 5 aromatic carbocycles. The van der Waals surface area contributed by atoms with Crippen LogP contribution in [0.1, 0.15) is 0 Å². The van der Waals surface area contributed by atoms with E-state index in [4.69, 9.17) is 23.7 Å². The molecule has 0 fully saturated rings. The molecule has 0 atom stereocenters. The smallest absolute Gasteiger partial charge is 0.145 e. The van der Waals surface area contributed by atoms with Gasteiger partial charge in [0.05, 0.1) is 16.8 Å². The summed E-state index contributed by atoms with van der Waals surface area (Å²) in [4.78, 5) is 6.81. The Labute approximate surface area is 263 Å². The number of fused-ring (bicyclic) bond motifs is 6. The number of hydrogen-bond acceptors (Lipinski definition) is 6. The van der Waals surface area contributed by atoms with Crippen LogP contribution in [0.15, 0.2) is 149 Å². The van der Waals surface area contributed by atoms with Gasteiger partial charge in [-0.2, -0.15) is 5.10 Å². The molecule has 46 heavy (non-hydrogen) atoms. The highest BCUT2D eigenvalue weighted by molar-refractivity contribution is 6.11. The van der Waals surface area contributed by atoms with Crippen molar-refractivity contribution in [1.82, 2.24) is 14.8 Å². The van der Waals surface area contributed by atoms with Gasteiger partial charge in [0.15, 0.2) is 0 Å². The standard InChI is InChI=1S/C39H26N4O3/c1-42-20-18-32(41-42)31-24-27(23-30-28-13-5-7-15-33(28)46-39(30)31)44-35-21-26(22-36-38(35)29-14-6-8-16-34(29)45-36)43(25-11-3-2-4-12-25)37-17-9-10-19-40-37/h2-24H,1H3. The van der Waals surface area contributed by atoms with Gasteiger partial charge in [0.1, 0.15) is 39.6 Å². The highest BCUT2D eigenvalue weighted by Gasteiger charge is 2.22. The maximum Gasteiger partial charge on any atom is 0.145 e. The first kappa shape index (κ1) is 26.1. The minimum atomic E-state index is 0.660. The van der Waals surface area contributed by atoms with Gasteiger partial charge >= 0.3 is 0 Å². The SMILES string of the molecule is Cn1ccc(-c2cc(Oc3cc(N(c4ccccc4)c4ccccn4)cc4oc5ccccc5c34)cc3c2oc2ccccc23)n1. The molecule has 0 spiro atoms. The van der Waals surface area contributed by atoms with Gasteiger partial charge in [-0.05, 0) is 54.6 Å². The van der Waals surface area contributed by atoms with E-state index < -0.39 is 0 Å². The van der Waals surface area contributed by atoms with Crippen LogP contribution in [0.2, 0.25) is 0 Å². The molecule has 220 valence electrons. The van der Waals surface area contributed by atoms with E-state index in [2.05, 4.69) is 41.3 Å². The molecular weight excluding hydrogens is 572 g/mol. The van der Waals surface area contributed by atoms with Crippen molar-refractivity contribution in [1.29, 1.82) is 0 Å². The third-order valence-electron chi connectivity index (χ3n) is 8.25. The molecular formula is C39H26N4O3. The van der Waals surface area contributed by atoms with Gasteiger partial charge in [0, 0.05) is 59.0 Å². The van der Waals surface area contributed by atoms with Crippen LogP contribution in [-0.4, -0.2) is 14.8 Å². The predicted octanol–water partition coefficient (Wildman–Crippen LogP) is 10.5. The van der Waals surface area contributed by atoms with Crippen molar-refractivity contribution in [3.05, 3.63) is 140 Å². The zero-order valence-electron chi connectivity index (χ0n) is 24.8. The van der Waals surface area contributed by atoms with E-state index in [1.165, 1.54) is 0 Å². The van der Waals surface area contributed by atoms with E-state index >= 15 is 0 Å². The van der Waals surface area contributed by atoms with E-state index in [-0.39, 0.29) is 0 Å². The molecule has 9 rings (SSSR count). The maximum absolute atomic E-state index is 6.93. The van der Waals surface area contributed by atoms with E-state index in [1.807, 2.05) is 104 Å². The Hall–Kier alpha value is -6.34. The fourth-order valence-corrected chi connectivity index (χ4v) is 6.22. The lowest BCUT2D eigenvalue weighted by Crippen LogP contribution is -2.11. The van der Waals surface area contributed by atoms with Crippen molar-refractivity contribution in [2.45, 2.75) is 0 Å². The molecule has 0 aliphatic heterocycles. The zero-order valence-corrected chi connectivity index (χ0v) is 24.8. The van der Waals surface area contributed by atoms with Crippen molar-refractivity contribution in [2.75, 3.05) is 4.90 Å². The molecule has 7 heteroatoms. The summed E-state index contributed by atoms with van der Waals surface area (Å²) in [7, 11) is 1.91. The molecule has 7 nitrogen and oxygen atoms in total. The molecule has 4 aromatic heterocycles. The van der Waals surface area contributed by atoms with Gasteiger partial charge in [0.25, 0.3) is 0 Å². The quantitative estimate of drug-likeness (QED) is 0.190. The largest absolute Gasteiger partial charge is 0.456 e. The van der Waals surface area contributed by atoms with Gasteiger partial charge in [-0.25, -0.2) is 4.98 Å². The Balaban J connectivity index is 1.29. The molecule has 0 radical (unpaired) electrons.